The normalized spacial score (nSPS) is 11.3. The molecule has 0 aliphatic rings. The molecular weight excluding hydrogens is 414 g/mol. The fourth-order valence-corrected chi connectivity index (χ4v) is 3.54. The van der Waals surface area contributed by atoms with Gasteiger partial charge in [-0.2, -0.15) is 0 Å². The molecule has 0 saturated carbocycles. The fraction of sp³-hybridized carbons (Fsp3) is 0.222. The van der Waals surface area contributed by atoms with Gasteiger partial charge < -0.3 is 15.5 Å². The summed E-state index contributed by atoms with van der Waals surface area (Å²) in [4.78, 5) is 39.6. The van der Waals surface area contributed by atoms with Gasteiger partial charge in [0.15, 0.2) is 0 Å². The van der Waals surface area contributed by atoms with E-state index in [-0.39, 0.29) is 30.7 Å². The quantitative estimate of drug-likeness (QED) is 0.520. The lowest BCUT2D eigenvalue weighted by Gasteiger charge is -2.23. The molecule has 0 heterocycles. The Kier molecular flexibility index (Phi) is 8.36. The monoisotopic (exact) mass is 443 g/mol. The maximum absolute atomic E-state index is 13.0. The first kappa shape index (κ1) is 23.7. The van der Waals surface area contributed by atoms with Crippen molar-refractivity contribution in [3.8, 4) is 0 Å². The van der Waals surface area contributed by atoms with Crippen LogP contribution in [0.4, 0.5) is 5.69 Å². The number of hydrogen-bond acceptors (Lipinski definition) is 3. The first-order chi connectivity index (χ1) is 16.0. The number of carbonyl (C=O) groups excluding carboxylic acids is 3. The van der Waals surface area contributed by atoms with Gasteiger partial charge in [-0.25, -0.2) is 0 Å². The molecule has 3 aromatic carbocycles. The Hall–Kier alpha value is -3.93. The summed E-state index contributed by atoms with van der Waals surface area (Å²) in [5.74, 6) is -0.763. The standard InChI is InChI=1S/C27H29N3O3/c1-3-20-12-10-11-17-23(20)28-25(31)19-30(2)26(32)18-24(21-13-6-4-7-14-21)29-27(33)22-15-8-5-9-16-22/h4-17,24H,3,18-19H2,1-2H3,(H,28,31)(H,29,33). The second-order valence-corrected chi connectivity index (χ2v) is 7.82. The number of hydrogen-bond donors (Lipinski definition) is 2. The van der Waals surface area contributed by atoms with Crippen molar-refractivity contribution in [3.63, 3.8) is 0 Å². The van der Waals surface area contributed by atoms with Crippen molar-refractivity contribution >= 4 is 23.4 Å². The van der Waals surface area contributed by atoms with Crippen molar-refractivity contribution in [3.05, 3.63) is 102 Å². The second kappa shape index (κ2) is 11.6. The predicted molar refractivity (Wildman–Crippen MR) is 130 cm³/mol. The topological polar surface area (TPSA) is 78.5 Å². The fourth-order valence-electron chi connectivity index (χ4n) is 3.54. The molecule has 0 bridgehead atoms. The maximum Gasteiger partial charge on any atom is 0.251 e. The number of benzene rings is 3. The Bertz CT molecular complexity index is 1080. The van der Waals surface area contributed by atoms with Crippen LogP contribution in [0.1, 0.15) is 40.9 Å². The van der Waals surface area contributed by atoms with Crippen LogP contribution in [0.5, 0.6) is 0 Å². The van der Waals surface area contributed by atoms with Gasteiger partial charge in [-0.15, -0.1) is 0 Å². The molecule has 33 heavy (non-hydrogen) atoms. The van der Waals surface area contributed by atoms with Crippen LogP contribution >= 0.6 is 0 Å². The van der Waals surface area contributed by atoms with E-state index >= 15 is 0 Å². The van der Waals surface area contributed by atoms with Gasteiger partial charge in [0.2, 0.25) is 11.8 Å². The van der Waals surface area contributed by atoms with Crippen molar-refractivity contribution in [1.29, 1.82) is 0 Å². The highest BCUT2D eigenvalue weighted by atomic mass is 16.2. The average Bonchev–Trinajstić information content (AvgIpc) is 2.84. The number of likely N-dealkylation sites (N-methyl/N-ethyl adjacent to an activating group) is 1. The SMILES string of the molecule is CCc1ccccc1NC(=O)CN(C)C(=O)CC(NC(=O)c1ccccc1)c1ccccc1. The van der Waals surface area contributed by atoms with Crippen LogP contribution in [-0.2, 0) is 16.0 Å². The Morgan fingerprint density at radius 2 is 1.45 bits per heavy atom. The van der Waals surface area contributed by atoms with Crippen molar-refractivity contribution in [1.82, 2.24) is 10.2 Å². The van der Waals surface area contributed by atoms with E-state index in [1.807, 2.05) is 67.6 Å². The Morgan fingerprint density at radius 3 is 2.12 bits per heavy atom. The van der Waals surface area contributed by atoms with Crippen LogP contribution in [-0.4, -0.2) is 36.2 Å². The number of aryl methyl sites for hydroxylation is 1. The third-order valence-corrected chi connectivity index (χ3v) is 5.40. The summed E-state index contributed by atoms with van der Waals surface area (Å²) >= 11 is 0. The van der Waals surface area contributed by atoms with E-state index in [4.69, 9.17) is 0 Å². The van der Waals surface area contributed by atoms with Gasteiger partial charge in [0.25, 0.3) is 5.91 Å². The largest absolute Gasteiger partial charge is 0.345 e. The molecule has 0 saturated heterocycles. The molecule has 0 spiro atoms. The highest BCUT2D eigenvalue weighted by molar-refractivity contribution is 5.96. The van der Waals surface area contributed by atoms with Gasteiger partial charge in [-0.05, 0) is 35.7 Å². The molecule has 3 rings (SSSR count). The van der Waals surface area contributed by atoms with E-state index in [1.165, 1.54) is 4.90 Å². The third kappa shape index (κ3) is 6.77. The number of anilines is 1. The van der Waals surface area contributed by atoms with E-state index in [2.05, 4.69) is 10.6 Å². The number of rotatable bonds is 9. The van der Waals surface area contributed by atoms with Gasteiger partial charge in [0, 0.05) is 18.3 Å². The number of carbonyl (C=O) groups is 3. The Balaban J connectivity index is 1.65. The molecule has 0 aliphatic heterocycles. The Morgan fingerprint density at radius 1 is 0.848 bits per heavy atom. The molecule has 3 aromatic rings. The zero-order valence-corrected chi connectivity index (χ0v) is 19.0. The lowest BCUT2D eigenvalue weighted by molar-refractivity contribution is -0.133. The third-order valence-electron chi connectivity index (χ3n) is 5.40. The van der Waals surface area contributed by atoms with Crippen LogP contribution in [0.15, 0.2) is 84.9 Å². The molecular formula is C27H29N3O3. The minimum atomic E-state index is -0.516. The van der Waals surface area contributed by atoms with Gasteiger partial charge in [-0.3, -0.25) is 14.4 Å². The van der Waals surface area contributed by atoms with Crippen LogP contribution in [0.25, 0.3) is 0 Å². The molecule has 1 atom stereocenters. The summed E-state index contributed by atoms with van der Waals surface area (Å²) in [6, 6.07) is 25.3. The van der Waals surface area contributed by atoms with Gasteiger partial charge in [-0.1, -0.05) is 73.7 Å². The summed E-state index contributed by atoms with van der Waals surface area (Å²) in [6.07, 6.45) is 0.836. The van der Waals surface area contributed by atoms with Crippen molar-refractivity contribution < 1.29 is 14.4 Å². The minimum absolute atomic E-state index is 0.0396. The van der Waals surface area contributed by atoms with Gasteiger partial charge >= 0.3 is 0 Å². The highest BCUT2D eigenvalue weighted by Gasteiger charge is 2.22. The molecule has 6 heteroatoms. The maximum atomic E-state index is 13.0. The first-order valence-electron chi connectivity index (χ1n) is 11.0. The van der Waals surface area contributed by atoms with Crippen LogP contribution in [0.3, 0.4) is 0 Å². The summed E-state index contributed by atoms with van der Waals surface area (Å²) in [6.45, 7) is 1.94. The van der Waals surface area contributed by atoms with Gasteiger partial charge in [0.05, 0.1) is 19.0 Å². The molecule has 6 nitrogen and oxygen atoms in total. The minimum Gasteiger partial charge on any atom is -0.345 e. The molecule has 2 N–H and O–H groups in total. The van der Waals surface area contributed by atoms with Crippen LogP contribution < -0.4 is 10.6 Å². The molecule has 0 aromatic heterocycles. The zero-order chi connectivity index (χ0) is 23.6. The smallest absolute Gasteiger partial charge is 0.251 e. The van der Waals surface area contributed by atoms with Crippen molar-refractivity contribution in [2.75, 3.05) is 18.9 Å². The highest BCUT2D eigenvalue weighted by Crippen LogP contribution is 2.19. The zero-order valence-electron chi connectivity index (χ0n) is 19.0. The molecule has 0 aliphatic carbocycles. The van der Waals surface area contributed by atoms with Crippen LogP contribution in [0.2, 0.25) is 0 Å². The van der Waals surface area contributed by atoms with E-state index in [0.717, 1.165) is 23.2 Å². The first-order valence-corrected chi connectivity index (χ1v) is 11.0. The number of para-hydroxylation sites is 1. The average molecular weight is 444 g/mol. The lowest BCUT2D eigenvalue weighted by atomic mass is 10.0. The lowest BCUT2D eigenvalue weighted by Crippen LogP contribution is -2.38. The van der Waals surface area contributed by atoms with Gasteiger partial charge in [0.1, 0.15) is 0 Å². The molecule has 0 fully saturated rings. The van der Waals surface area contributed by atoms with E-state index in [0.29, 0.717) is 5.56 Å². The molecule has 1 unspecified atom stereocenters. The molecule has 0 radical (unpaired) electrons. The van der Waals surface area contributed by atoms with Crippen LogP contribution in [0, 0.1) is 0 Å². The van der Waals surface area contributed by atoms with E-state index in [9.17, 15) is 14.4 Å². The van der Waals surface area contributed by atoms with Crippen molar-refractivity contribution in [2.45, 2.75) is 25.8 Å². The molecule has 170 valence electrons. The van der Waals surface area contributed by atoms with E-state index < -0.39 is 6.04 Å². The van der Waals surface area contributed by atoms with E-state index in [1.54, 1.807) is 31.3 Å². The number of nitrogens with one attached hydrogen (secondary N) is 2. The second-order valence-electron chi connectivity index (χ2n) is 7.82. The predicted octanol–water partition coefficient (Wildman–Crippen LogP) is 4.21. The number of nitrogens with zero attached hydrogens (tertiary/aromatic N) is 1. The number of amides is 3. The Labute approximate surface area is 194 Å². The summed E-state index contributed by atoms with van der Waals surface area (Å²) in [5.41, 5.74) is 3.13. The summed E-state index contributed by atoms with van der Waals surface area (Å²) < 4.78 is 0. The molecule has 3 amide bonds. The summed E-state index contributed by atoms with van der Waals surface area (Å²) in [5, 5.41) is 5.84. The van der Waals surface area contributed by atoms with Crippen molar-refractivity contribution in [2.24, 2.45) is 0 Å². The summed E-state index contributed by atoms with van der Waals surface area (Å²) in [7, 11) is 1.59.